The summed E-state index contributed by atoms with van der Waals surface area (Å²) < 4.78 is 11.7. The summed E-state index contributed by atoms with van der Waals surface area (Å²) in [6.07, 6.45) is 1.16. The molecule has 3 rings (SSSR count). The van der Waals surface area contributed by atoms with Crippen LogP contribution in [0, 0.1) is 11.3 Å². The summed E-state index contributed by atoms with van der Waals surface area (Å²) >= 11 is 0. The molecule has 0 aromatic heterocycles. The predicted molar refractivity (Wildman–Crippen MR) is 100 cm³/mol. The third-order valence-corrected chi connectivity index (χ3v) is 4.08. The first kappa shape index (κ1) is 19.1. The number of nitriles is 1. The van der Waals surface area contributed by atoms with Crippen molar-refractivity contribution in [1.29, 1.82) is 5.26 Å². The normalized spacial score (nSPS) is 14.8. The van der Waals surface area contributed by atoms with Crippen LogP contribution in [-0.4, -0.2) is 12.7 Å². The van der Waals surface area contributed by atoms with Gasteiger partial charge in [0.1, 0.15) is 17.6 Å². The summed E-state index contributed by atoms with van der Waals surface area (Å²) in [7, 11) is 0. The van der Waals surface area contributed by atoms with Gasteiger partial charge < -0.3 is 14.8 Å². The highest BCUT2D eigenvalue weighted by atomic mass is 35.5. The molecule has 132 valence electrons. The first-order valence-corrected chi connectivity index (χ1v) is 8.34. The lowest BCUT2D eigenvalue weighted by Gasteiger charge is -2.13. The summed E-state index contributed by atoms with van der Waals surface area (Å²) in [6, 6.07) is 14.0. The van der Waals surface area contributed by atoms with Gasteiger partial charge in [-0.05, 0) is 43.7 Å². The Labute approximate surface area is 155 Å². The first-order chi connectivity index (χ1) is 11.7. The molecule has 0 radical (unpaired) electrons. The molecule has 1 aliphatic rings. The molecule has 4 nitrogen and oxygen atoms in total. The van der Waals surface area contributed by atoms with Gasteiger partial charge in [0.15, 0.2) is 0 Å². The molecule has 0 aliphatic carbocycles. The van der Waals surface area contributed by atoms with Gasteiger partial charge in [-0.3, -0.25) is 0 Å². The second kappa shape index (κ2) is 8.75. The minimum Gasteiger partial charge on any atom is -0.494 e. The average Bonchev–Trinajstić information content (AvgIpc) is 2.94. The Bertz CT molecular complexity index is 771. The summed E-state index contributed by atoms with van der Waals surface area (Å²) in [5, 5.41) is 12.4. The fraction of sp³-hybridized carbons (Fsp3) is 0.350. The van der Waals surface area contributed by atoms with Gasteiger partial charge in [-0.1, -0.05) is 12.1 Å². The highest BCUT2D eigenvalue weighted by Gasteiger charge is 2.21. The topological polar surface area (TPSA) is 54.3 Å². The summed E-state index contributed by atoms with van der Waals surface area (Å²) in [6.45, 7) is 6.12. The Morgan fingerprint density at radius 3 is 2.88 bits per heavy atom. The van der Waals surface area contributed by atoms with Gasteiger partial charge in [0.25, 0.3) is 0 Å². The van der Waals surface area contributed by atoms with Crippen LogP contribution in [0.5, 0.6) is 11.5 Å². The Morgan fingerprint density at radius 1 is 1.28 bits per heavy atom. The molecule has 0 saturated carbocycles. The minimum absolute atomic E-state index is 0. The van der Waals surface area contributed by atoms with Crippen molar-refractivity contribution < 1.29 is 9.47 Å². The third-order valence-electron chi connectivity index (χ3n) is 4.08. The quantitative estimate of drug-likeness (QED) is 0.848. The van der Waals surface area contributed by atoms with E-state index in [9.17, 15) is 0 Å². The van der Waals surface area contributed by atoms with Crippen molar-refractivity contribution in [2.75, 3.05) is 6.61 Å². The zero-order valence-electron chi connectivity index (χ0n) is 14.5. The second-order valence-corrected chi connectivity index (χ2v) is 6.05. The van der Waals surface area contributed by atoms with E-state index in [1.165, 1.54) is 5.56 Å². The highest BCUT2D eigenvalue weighted by Crippen LogP contribution is 2.35. The van der Waals surface area contributed by atoms with E-state index < -0.39 is 0 Å². The molecule has 0 spiro atoms. The van der Waals surface area contributed by atoms with E-state index in [0.717, 1.165) is 29.0 Å². The van der Waals surface area contributed by atoms with Crippen molar-refractivity contribution in [3.63, 3.8) is 0 Å². The van der Waals surface area contributed by atoms with Gasteiger partial charge >= 0.3 is 0 Å². The number of fused-ring (bicyclic) bond motifs is 1. The molecule has 1 N–H and O–H groups in total. The highest BCUT2D eigenvalue weighted by molar-refractivity contribution is 5.85. The molecule has 1 aliphatic heterocycles. The maximum absolute atomic E-state index is 8.97. The van der Waals surface area contributed by atoms with E-state index in [-0.39, 0.29) is 18.5 Å². The maximum Gasteiger partial charge on any atom is 0.124 e. The van der Waals surface area contributed by atoms with Crippen LogP contribution < -0.4 is 14.8 Å². The van der Waals surface area contributed by atoms with Crippen molar-refractivity contribution in [3.05, 3.63) is 58.7 Å². The Morgan fingerprint density at radius 2 is 2.12 bits per heavy atom. The molecule has 2 aromatic carbocycles. The fourth-order valence-corrected chi connectivity index (χ4v) is 3.00. The molecule has 1 heterocycles. The molecule has 1 atom stereocenters. The van der Waals surface area contributed by atoms with Gasteiger partial charge in [0.05, 0.1) is 18.2 Å². The third kappa shape index (κ3) is 4.66. The maximum atomic E-state index is 8.97. The van der Waals surface area contributed by atoms with Crippen LogP contribution in [-0.2, 0) is 19.5 Å². The van der Waals surface area contributed by atoms with E-state index in [1.807, 2.05) is 31.2 Å². The number of nitrogens with one attached hydrogen (secondary N) is 1. The molecule has 2 aromatic rings. The average molecular weight is 359 g/mol. The van der Waals surface area contributed by atoms with E-state index in [2.05, 4.69) is 30.4 Å². The summed E-state index contributed by atoms with van der Waals surface area (Å²) in [5.74, 6) is 1.89. The first-order valence-electron chi connectivity index (χ1n) is 8.34. The lowest BCUT2D eigenvalue weighted by Crippen LogP contribution is -2.14. The van der Waals surface area contributed by atoms with Gasteiger partial charge in [-0.15, -0.1) is 12.4 Å². The molecule has 5 heteroatoms. The van der Waals surface area contributed by atoms with Crippen molar-refractivity contribution in [2.24, 2.45) is 0 Å². The number of benzene rings is 2. The van der Waals surface area contributed by atoms with Crippen molar-refractivity contribution in [2.45, 2.75) is 39.5 Å². The summed E-state index contributed by atoms with van der Waals surface area (Å²) in [5.41, 5.74) is 4.10. The minimum atomic E-state index is 0. The Balaban J connectivity index is 0.00000225. The van der Waals surface area contributed by atoms with Crippen molar-refractivity contribution in [3.8, 4) is 17.6 Å². The van der Waals surface area contributed by atoms with E-state index in [1.54, 1.807) is 0 Å². The van der Waals surface area contributed by atoms with Crippen LogP contribution in [0.4, 0.5) is 0 Å². The van der Waals surface area contributed by atoms with Gasteiger partial charge in [-0.2, -0.15) is 5.26 Å². The predicted octanol–water partition coefficient (Wildman–Crippen LogP) is 3.99. The number of hydrogen-bond acceptors (Lipinski definition) is 4. The standard InChI is InChI=1S/C20H22N2O2.ClH/c1-3-23-19-9-17-7-14(2)24-20(17)10-18(19)13-22-12-16-6-4-5-15(8-16)11-21;/h4-6,8-10,14,22H,3,7,12-13H2,1-2H3;1H. The van der Waals surface area contributed by atoms with Crippen molar-refractivity contribution in [1.82, 2.24) is 5.32 Å². The summed E-state index contributed by atoms with van der Waals surface area (Å²) in [4.78, 5) is 0. The zero-order chi connectivity index (χ0) is 16.9. The number of rotatable bonds is 6. The van der Waals surface area contributed by atoms with Gasteiger partial charge in [0.2, 0.25) is 0 Å². The van der Waals surface area contributed by atoms with Crippen LogP contribution in [0.1, 0.15) is 36.1 Å². The lowest BCUT2D eigenvalue weighted by atomic mass is 10.1. The molecule has 0 bridgehead atoms. The SMILES string of the molecule is CCOc1cc2c(cc1CNCc1cccc(C#N)c1)OC(C)C2.Cl. The van der Waals surface area contributed by atoms with Crippen molar-refractivity contribution >= 4 is 12.4 Å². The van der Waals surface area contributed by atoms with Crippen LogP contribution in [0.3, 0.4) is 0 Å². The molecule has 1 unspecified atom stereocenters. The van der Waals surface area contributed by atoms with Crippen LogP contribution in [0.15, 0.2) is 36.4 Å². The molecule has 0 saturated heterocycles. The fourth-order valence-electron chi connectivity index (χ4n) is 3.00. The number of hydrogen-bond donors (Lipinski definition) is 1. The van der Waals surface area contributed by atoms with Crippen LogP contribution >= 0.6 is 12.4 Å². The second-order valence-electron chi connectivity index (χ2n) is 6.05. The van der Waals surface area contributed by atoms with Crippen LogP contribution in [0.25, 0.3) is 0 Å². The van der Waals surface area contributed by atoms with Gasteiger partial charge in [-0.25, -0.2) is 0 Å². The number of halogens is 1. The van der Waals surface area contributed by atoms with Gasteiger partial charge in [0, 0.05) is 30.6 Å². The zero-order valence-corrected chi connectivity index (χ0v) is 15.4. The number of ether oxygens (including phenoxy) is 2. The molecular formula is C20H23ClN2O2. The van der Waals surface area contributed by atoms with E-state index in [0.29, 0.717) is 25.3 Å². The molecule has 0 amide bonds. The Hall–Kier alpha value is -2.22. The lowest BCUT2D eigenvalue weighted by molar-refractivity contribution is 0.254. The smallest absolute Gasteiger partial charge is 0.124 e. The largest absolute Gasteiger partial charge is 0.494 e. The Kier molecular flexibility index (Phi) is 6.69. The number of nitrogens with zero attached hydrogens (tertiary/aromatic N) is 1. The van der Waals surface area contributed by atoms with E-state index in [4.69, 9.17) is 14.7 Å². The monoisotopic (exact) mass is 358 g/mol. The van der Waals surface area contributed by atoms with Crippen LogP contribution in [0.2, 0.25) is 0 Å². The molecule has 0 fully saturated rings. The van der Waals surface area contributed by atoms with E-state index >= 15 is 0 Å². The molecule has 25 heavy (non-hydrogen) atoms. The molecular weight excluding hydrogens is 336 g/mol.